The quantitative estimate of drug-likeness (QED) is 0.839. The summed E-state index contributed by atoms with van der Waals surface area (Å²) >= 11 is 12.0. The molecule has 0 spiro atoms. The fourth-order valence-corrected chi connectivity index (χ4v) is 2.42. The van der Waals surface area contributed by atoms with Gasteiger partial charge in [0.05, 0.1) is 23.8 Å². The summed E-state index contributed by atoms with van der Waals surface area (Å²) in [4.78, 5) is 17.4. The number of rotatable bonds is 2. The van der Waals surface area contributed by atoms with Crippen molar-refractivity contribution < 1.29 is 14.4 Å². The molecular weight excluding hydrogens is 277 g/mol. The molecule has 0 aliphatic carbocycles. The van der Waals surface area contributed by atoms with Crippen molar-refractivity contribution in [2.45, 2.75) is 12.8 Å². The zero-order chi connectivity index (χ0) is 13.1. The van der Waals surface area contributed by atoms with Crippen molar-refractivity contribution in [3.05, 3.63) is 27.7 Å². The van der Waals surface area contributed by atoms with E-state index in [1.807, 2.05) is 0 Å². The average molecular weight is 290 g/mol. The number of nitrogens with zero attached hydrogens (tertiary/aromatic N) is 1. The van der Waals surface area contributed by atoms with Crippen molar-refractivity contribution in [2.24, 2.45) is 0 Å². The van der Waals surface area contributed by atoms with Crippen LogP contribution in [0.3, 0.4) is 0 Å². The summed E-state index contributed by atoms with van der Waals surface area (Å²) in [6, 6.07) is 3.07. The number of methoxy groups -OCH3 is 1. The van der Waals surface area contributed by atoms with E-state index in [0.717, 1.165) is 12.8 Å². The van der Waals surface area contributed by atoms with E-state index in [9.17, 15) is 4.79 Å². The molecule has 6 heteroatoms. The second-order valence-corrected chi connectivity index (χ2v) is 4.74. The van der Waals surface area contributed by atoms with Crippen LogP contribution in [0.1, 0.15) is 23.2 Å². The van der Waals surface area contributed by atoms with Crippen LogP contribution >= 0.6 is 23.2 Å². The molecule has 0 atom stereocenters. The highest BCUT2D eigenvalue weighted by Crippen LogP contribution is 2.34. The maximum atomic E-state index is 12.1. The Labute approximate surface area is 115 Å². The van der Waals surface area contributed by atoms with Gasteiger partial charge in [0.25, 0.3) is 5.91 Å². The van der Waals surface area contributed by atoms with Crippen LogP contribution in [0.25, 0.3) is 0 Å². The molecule has 1 aliphatic rings. The first kappa shape index (κ1) is 13.5. The van der Waals surface area contributed by atoms with Crippen molar-refractivity contribution in [2.75, 3.05) is 20.3 Å². The topological polar surface area (TPSA) is 38.8 Å². The van der Waals surface area contributed by atoms with Crippen molar-refractivity contribution in [1.29, 1.82) is 0 Å². The fraction of sp³-hybridized carbons (Fsp3) is 0.417. The van der Waals surface area contributed by atoms with Crippen molar-refractivity contribution >= 4 is 29.1 Å². The van der Waals surface area contributed by atoms with Crippen LogP contribution in [0.15, 0.2) is 12.1 Å². The van der Waals surface area contributed by atoms with Crippen LogP contribution < -0.4 is 4.74 Å². The molecule has 1 aromatic carbocycles. The van der Waals surface area contributed by atoms with E-state index < -0.39 is 0 Å². The number of hydroxylamine groups is 2. The molecule has 4 nitrogen and oxygen atoms in total. The summed E-state index contributed by atoms with van der Waals surface area (Å²) in [5, 5.41) is 1.97. The molecule has 1 heterocycles. The van der Waals surface area contributed by atoms with E-state index in [1.54, 1.807) is 0 Å². The Morgan fingerprint density at radius 1 is 1.33 bits per heavy atom. The third-order valence-corrected chi connectivity index (χ3v) is 3.24. The standard InChI is InChI=1S/C12H13Cl2NO3/c1-17-11-9(13)6-8(7-10(11)14)12(16)15-4-2-3-5-18-15/h6-7H,2-5H2,1H3. The van der Waals surface area contributed by atoms with Gasteiger partial charge in [-0.15, -0.1) is 0 Å². The lowest BCUT2D eigenvalue weighted by Gasteiger charge is -2.26. The first-order valence-corrected chi connectivity index (χ1v) is 6.37. The van der Waals surface area contributed by atoms with Gasteiger partial charge >= 0.3 is 0 Å². The van der Waals surface area contributed by atoms with E-state index in [0.29, 0.717) is 34.5 Å². The molecule has 0 radical (unpaired) electrons. The number of hydrogen-bond donors (Lipinski definition) is 0. The molecule has 18 heavy (non-hydrogen) atoms. The van der Waals surface area contributed by atoms with Gasteiger partial charge in [0.2, 0.25) is 0 Å². The minimum Gasteiger partial charge on any atom is -0.494 e. The fourth-order valence-electron chi connectivity index (χ4n) is 1.78. The average Bonchev–Trinajstić information content (AvgIpc) is 2.38. The number of hydrogen-bond acceptors (Lipinski definition) is 3. The van der Waals surface area contributed by atoms with Crippen molar-refractivity contribution in [1.82, 2.24) is 5.06 Å². The predicted molar refractivity (Wildman–Crippen MR) is 69.2 cm³/mol. The molecule has 0 N–H and O–H groups in total. The van der Waals surface area contributed by atoms with Gasteiger partial charge in [-0.25, -0.2) is 5.06 Å². The Morgan fingerprint density at radius 3 is 2.50 bits per heavy atom. The third kappa shape index (κ3) is 2.71. The molecular formula is C12H13Cl2NO3. The lowest BCUT2D eigenvalue weighted by atomic mass is 10.2. The first-order valence-electron chi connectivity index (χ1n) is 5.61. The zero-order valence-electron chi connectivity index (χ0n) is 9.91. The van der Waals surface area contributed by atoms with Gasteiger partial charge in [-0.1, -0.05) is 23.2 Å². The SMILES string of the molecule is COc1c(Cl)cc(C(=O)N2CCCCO2)cc1Cl. The second kappa shape index (κ2) is 5.78. The van der Waals surface area contributed by atoms with Crippen LogP contribution in [0.4, 0.5) is 0 Å². The molecule has 2 rings (SSSR count). The number of halogens is 2. The first-order chi connectivity index (χ1) is 8.63. The normalized spacial score (nSPS) is 15.6. The highest BCUT2D eigenvalue weighted by Gasteiger charge is 2.21. The summed E-state index contributed by atoms with van der Waals surface area (Å²) in [7, 11) is 1.47. The highest BCUT2D eigenvalue weighted by atomic mass is 35.5. The van der Waals surface area contributed by atoms with Crippen LogP contribution in [-0.2, 0) is 4.84 Å². The van der Waals surface area contributed by atoms with Gasteiger partial charge in [0.1, 0.15) is 0 Å². The van der Waals surface area contributed by atoms with Gasteiger partial charge in [-0.3, -0.25) is 9.63 Å². The molecule has 1 saturated heterocycles. The molecule has 1 fully saturated rings. The van der Waals surface area contributed by atoms with E-state index in [-0.39, 0.29) is 5.91 Å². The summed E-state index contributed by atoms with van der Waals surface area (Å²) in [6.07, 6.45) is 1.90. The number of ether oxygens (including phenoxy) is 1. The summed E-state index contributed by atoms with van der Waals surface area (Å²) in [5.74, 6) is 0.135. The molecule has 0 bridgehead atoms. The summed E-state index contributed by atoms with van der Waals surface area (Å²) < 4.78 is 5.04. The Bertz CT molecular complexity index is 436. The summed E-state index contributed by atoms with van der Waals surface area (Å²) in [6.45, 7) is 1.14. The molecule has 1 aromatic rings. The summed E-state index contributed by atoms with van der Waals surface area (Å²) in [5.41, 5.74) is 0.396. The molecule has 1 amide bonds. The molecule has 0 unspecified atom stereocenters. The number of benzene rings is 1. The monoisotopic (exact) mass is 289 g/mol. The van der Waals surface area contributed by atoms with Crippen molar-refractivity contribution in [3.8, 4) is 5.75 Å². The van der Waals surface area contributed by atoms with E-state index >= 15 is 0 Å². The number of carbonyl (C=O) groups is 1. The molecule has 0 saturated carbocycles. The van der Waals surface area contributed by atoms with Gasteiger partial charge in [-0.2, -0.15) is 0 Å². The maximum Gasteiger partial charge on any atom is 0.277 e. The lowest BCUT2D eigenvalue weighted by molar-refractivity contribution is -0.144. The number of carbonyl (C=O) groups excluding carboxylic acids is 1. The van der Waals surface area contributed by atoms with E-state index in [2.05, 4.69) is 0 Å². The third-order valence-electron chi connectivity index (χ3n) is 2.68. The predicted octanol–water partition coefficient (Wildman–Crippen LogP) is 3.17. The zero-order valence-corrected chi connectivity index (χ0v) is 11.4. The maximum absolute atomic E-state index is 12.1. The molecule has 0 aromatic heterocycles. The Kier molecular flexibility index (Phi) is 4.32. The highest BCUT2D eigenvalue weighted by molar-refractivity contribution is 6.37. The van der Waals surface area contributed by atoms with Gasteiger partial charge in [-0.05, 0) is 25.0 Å². The van der Waals surface area contributed by atoms with E-state index in [1.165, 1.54) is 24.3 Å². The smallest absolute Gasteiger partial charge is 0.277 e. The van der Waals surface area contributed by atoms with Gasteiger partial charge in [0.15, 0.2) is 5.75 Å². The van der Waals surface area contributed by atoms with Crippen LogP contribution in [0, 0.1) is 0 Å². The van der Waals surface area contributed by atoms with E-state index in [4.69, 9.17) is 32.8 Å². The van der Waals surface area contributed by atoms with Gasteiger partial charge in [0, 0.05) is 12.1 Å². The molecule has 98 valence electrons. The number of amides is 1. The second-order valence-electron chi connectivity index (χ2n) is 3.92. The van der Waals surface area contributed by atoms with Crippen LogP contribution in [-0.4, -0.2) is 31.2 Å². The lowest BCUT2D eigenvalue weighted by Crippen LogP contribution is -2.35. The Balaban J connectivity index is 2.25. The minimum atomic E-state index is -0.235. The van der Waals surface area contributed by atoms with Gasteiger partial charge < -0.3 is 4.74 Å². The van der Waals surface area contributed by atoms with Crippen LogP contribution in [0.5, 0.6) is 5.75 Å². The van der Waals surface area contributed by atoms with Crippen molar-refractivity contribution in [3.63, 3.8) is 0 Å². The Morgan fingerprint density at radius 2 is 2.00 bits per heavy atom. The Hall–Kier alpha value is -0.970. The van der Waals surface area contributed by atoms with Crippen LogP contribution in [0.2, 0.25) is 10.0 Å². The minimum absolute atomic E-state index is 0.235. The largest absolute Gasteiger partial charge is 0.494 e. The molecule has 1 aliphatic heterocycles.